The fourth-order valence-electron chi connectivity index (χ4n) is 8.56. The average Bonchev–Trinajstić information content (AvgIpc) is 3.45. The van der Waals surface area contributed by atoms with E-state index >= 15 is 4.79 Å². The summed E-state index contributed by atoms with van der Waals surface area (Å²) in [6, 6.07) is 27.0. The van der Waals surface area contributed by atoms with E-state index in [2.05, 4.69) is 5.32 Å². The number of phenolic OH excluding ortho intramolecular Hbond substituents is 1. The van der Waals surface area contributed by atoms with Crippen LogP contribution >= 0.6 is 11.6 Å². The number of carbonyl (C=O) groups is 4. The molecule has 4 aromatic rings. The summed E-state index contributed by atoms with van der Waals surface area (Å²) < 4.78 is 0. The van der Waals surface area contributed by atoms with Crippen LogP contribution in [0.15, 0.2) is 103 Å². The molecule has 0 aromatic heterocycles. The molecule has 2 N–H and O–H groups in total. The van der Waals surface area contributed by atoms with Gasteiger partial charge in [0.25, 0.3) is 0 Å². The number of benzene rings is 4. The fourth-order valence-corrected chi connectivity index (χ4v) is 8.74. The number of halogens is 1. The fraction of sp³-hybridized carbons (Fsp3) is 0.222. The summed E-state index contributed by atoms with van der Waals surface area (Å²) in [7, 11) is 0. The Labute approximate surface area is 258 Å². The average molecular weight is 603 g/mol. The van der Waals surface area contributed by atoms with Crippen molar-refractivity contribution in [3.63, 3.8) is 0 Å². The number of aromatic hydroxyl groups is 1. The standard InChI is InChI=1S/C36H27ClN2O5/c37-20-9-6-10-21(17-20)39-34(43)28-18-27-25(13-14-26-30(27)33(42)38-32(26)41)31(36(28,35(39)44)19-7-2-1-3-8-19)24-15-16-29(40)23-12-5-4-11-22(23)24/h1-13,15-17,26-28,30-31,40H,14,18H2,(H,38,41,42)/t26-,27+,28-,30-,31-,36+/m0/s1. The molecule has 0 unspecified atom stereocenters. The summed E-state index contributed by atoms with van der Waals surface area (Å²) in [5.41, 5.74) is 1.37. The van der Waals surface area contributed by atoms with E-state index in [-0.39, 0.29) is 35.8 Å². The number of rotatable bonds is 3. The van der Waals surface area contributed by atoms with E-state index in [9.17, 15) is 19.5 Å². The summed E-state index contributed by atoms with van der Waals surface area (Å²) in [5, 5.41) is 15.1. The van der Waals surface area contributed by atoms with Crippen LogP contribution < -0.4 is 10.2 Å². The molecule has 218 valence electrons. The molecule has 2 saturated heterocycles. The van der Waals surface area contributed by atoms with Gasteiger partial charge in [-0.2, -0.15) is 0 Å². The zero-order valence-electron chi connectivity index (χ0n) is 23.4. The first-order valence-corrected chi connectivity index (χ1v) is 15.1. The van der Waals surface area contributed by atoms with E-state index in [4.69, 9.17) is 11.6 Å². The van der Waals surface area contributed by atoms with Gasteiger partial charge >= 0.3 is 0 Å². The second kappa shape index (κ2) is 9.63. The highest BCUT2D eigenvalue weighted by Crippen LogP contribution is 2.64. The van der Waals surface area contributed by atoms with Gasteiger partial charge < -0.3 is 5.11 Å². The first-order valence-electron chi connectivity index (χ1n) is 14.8. The van der Waals surface area contributed by atoms with Gasteiger partial charge in [-0.15, -0.1) is 0 Å². The lowest BCUT2D eigenvalue weighted by Crippen LogP contribution is -2.53. The largest absolute Gasteiger partial charge is 0.507 e. The van der Waals surface area contributed by atoms with Crippen molar-refractivity contribution in [1.82, 2.24) is 5.32 Å². The van der Waals surface area contributed by atoms with E-state index in [0.717, 1.165) is 16.5 Å². The number of anilines is 1. The van der Waals surface area contributed by atoms with Crippen LogP contribution in [-0.2, 0) is 24.6 Å². The van der Waals surface area contributed by atoms with Crippen LogP contribution in [0.4, 0.5) is 5.69 Å². The number of nitrogens with zero attached hydrogens (tertiary/aromatic N) is 1. The molecule has 4 aromatic carbocycles. The molecule has 6 atom stereocenters. The van der Waals surface area contributed by atoms with Crippen LogP contribution in [0.1, 0.15) is 29.9 Å². The molecule has 44 heavy (non-hydrogen) atoms. The van der Waals surface area contributed by atoms with Crippen molar-refractivity contribution in [2.45, 2.75) is 24.2 Å². The maximum atomic E-state index is 15.2. The van der Waals surface area contributed by atoms with Crippen LogP contribution in [0.2, 0.25) is 5.02 Å². The predicted molar refractivity (Wildman–Crippen MR) is 165 cm³/mol. The smallest absolute Gasteiger partial charge is 0.246 e. The lowest BCUT2D eigenvalue weighted by atomic mass is 9.49. The summed E-state index contributed by atoms with van der Waals surface area (Å²) in [5.74, 6) is -4.33. The topological polar surface area (TPSA) is 104 Å². The third kappa shape index (κ3) is 3.50. The number of imide groups is 2. The van der Waals surface area contributed by atoms with Crippen LogP contribution in [0, 0.1) is 23.7 Å². The number of hydrogen-bond acceptors (Lipinski definition) is 5. The van der Waals surface area contributed by atoms with Gasteiger partial charge in [0.2, 0.25) is 23.6 Å². The lowest BCUT2D eigenvalue weighted by molar-refractivity contribution is -0.128. The Balaban J connectivity index is 1.46. The molecule has 4 aliphatic rings. The molecule has 1 saturated carbocycles. The number of hydrogen-bond donors (Lipinski definition) is 2. The van der Waals surface area contributed by atoms with Gasteiger partial charge in [0.05, 0.1) is 28.9 Å². The van der Waals surface area contributed by atoms with Crippen LogP contribution in [0.3, 0.4) is 0 Å². The van der Waals surface area contributed by atoms with Gasteiger partial charge in [0.1, 0.15) is 5.75 Å². The molecule has 8 heteroatoms. The molecule has 2 heterocycles. The van der Waals surface area contributed by atoms with Gasteiger partial charge in [-0.1, -0.05) is 90.0 Å². The Hall–Kier alpha value is -4.75. The zero-order valence-corrected chi connectivity index (χ0v) is 24.2. The van der Waals surface area contributed by atoms with Crippen molar-refractivity contribution in [2.24, 2.45) is 23.7 Å². The highest BCUT2D eigenvalue weighted by molar-refractivity contribution is 6.32. The predicted octanol–water partition coefficient (Wildman–Crippen LogP) is 5.65. The Morgan fingerprint density at radius 1 is 0.818 bits per heavy atom. The molecule has 4 amide bonds. The van der Waals surface area contributed by atoms with E-state index in [1.165, 1.54) is 4.90 Å². The first kappa shape index (κ1) is 26.8. The Kier molecular flexibility index (Phi) is 5.87. The number of fused-ring (bicyclic) bond motifs is 5. The molecule has 3 fully saturated rings. The minimum Gasteiger partial charge on any atom is -0.507 e. The third-order valence-corrected chi connectivity index (χ3v) is 10.5. The third-order valence-electron chi connectivity index (χ3n) is 10.3. The maximum Gasteiger partial charge on any atom is 0.246 e. The lowest BCUT2D eigenvalue weighted by Gasteiger charge is -2.51. The van der Waals surface area contributed by atoms with Gasteiger partial charge in [-0.25, -0.2) is 4.90 Å². The minimum atomic E-state index is -1.37. The van der Waals surface area contributed by atoms with Crippen molar-refractivity contribution in [1.29, 1.82) is 0 Å². The van der Waals surface area contributed by atoms with E-state index < -0.39 is 35.0 Å². The molecular formula is C36H27ClN2O5. The number of allylic oxidation sites excluding steroid dienone is 2. The number of carbonyl (C=O) groups excluding carboxylic acids is 4. The molecule has 0 spiro atoms. The number of phenols is 1. The molecule has 8 rings (SSSR count). The minimum absolute atomic E-state index is 0.106. The van der Waals surface area contributed by atoms with E-state index in [0.29, 0.717) is 28.1 Å². The monoisotopic (exact) mass is 602 g/mol. The molecular weight excluding hydrogens is 576 g/mol. The number of amides is 4. The number of nitrogens with one attached hydrogen (secondary N) is 1. The second-order valence-corrected chi connectivity index (χ2v) is 12.6. The van der Waals surface area contributed by atoms with E-state index in [1.807, 2.05) is 66.7 Å². The summed E-state index contributed by atoms with van der Waals surface area (Å²) in [6.07, 6.45) is 2.62. The second-order valence-electron chi connectivity index (χ2n) is 12.2. The van der Waals surface area contributed by atoms with E-state index in [1.54, 1.807) is 30.3 Å². The highest BCUT2D eigenvalue weighted by Gasteiger charge is 2.70. The van der Waals surface area contributed by atoms with Crippen molar-refractivity contribution in [3.8, 4) is 5.75 Å². The van der Waals surface area contributed by atoms with Gasteiger partial charge in [-0.3, -0.25) is 24.5 Å². The Morgan fingerprint density at radius 2 is 1.57 bits per heavy atom. The van der Waals surface area contributed by atoms with Gasteiger partial charge in [0, 0.05) is 16.3 Å². The van der Waals surface area contributed by atoms with Crippen LogP contribution in [0.5, 0.6) is 5.75 Å². The molecule has 0 bridgehead atoms. The van der Waals surface area contributed by atoms with Crippen LogP contribution in [-0.4, -0.2) is 28.7 Å². The summed E-state index contributed by atoms with van der Waals surface area (Å²) in [6.45, 7) is 0. The van der Waals surface area contributed by atoms with Gasteiger partial charge in [0.15, 0.2) is 0 Å². The van der Waals surface area contributed by atoms with Gasteiger partial charge in [-0.05, 0) is 59.5 Å². The van der Waals surface area contributed by atoms with Crippen molar-refractivity contribution in [3.05, 3.63) is 119 Å². The molecule has 7 nitrogen and oxygen atoms in total. The molecule has 2 aliphatic carbocycles. The quantitative estimate of drug-likeness (QED) is 0.233. The van der Waals surface area contributed by atoms with Crippen molar-refractivity contribution in [2.75, 3.05) is 4.90 Å². The molecule has 0 radical (unpaired) electrons. The zero-order chi connectivity index (χ0) is 30.3. The van der Waals surface area contributed by atoms with Crippen molar-refractivity contribution >= 4 is 51.7 Å². The SMILES string of the molecule is O=C1NC(=O)[C@H]2CC=C3[C@@H](C[C@H]4C(=O)N(c5cccc(Cl)c5)C(=O)[C@@]4(c4ccccc4)[C@H]3c3ccc(O)c4ccccc34)[C@@H]12. The molecule has 2 aliphatic heterocycles. The van der Waals surface area contributed by atoms with Crippen molar-refractivity contribution < 1.29 is 24.3 Å². The summed E-state index contributed by atoms with van der Waals surface area (Å²) >= 11 is 6.36. The maximum absolute atomic E-state index is 15.2. The summed E-state index contributed by atoms with van der Waals surface area (Å²) in [4.78, 5) is 57.3. The Morgan fingerprint density at radius 3 is 2.34 bits per heavy atom. The normalized spacial score (nSPS) is 29.2. The first-order chi connectivity index (χ1) is 21.3. The Bertz CT molecular complexity index is 1950. The van der Waals surface area contributed by atoms with Crippen LogP contribution in [0.25, 0.3) is 10.8 Å². The highest BCUT2D eigenvalue weighted by atomic mass is 35.5.